The molecule has 6 heteroatoms. The number of rotatable bonds is 3. The molecular weight excluding hydrogens is 458 g/mol. The van der Waals surface area contributed by atoms with E-state index < -0.39 is 0 Å². The summed E-state index contributed by atoms with van der Waals surface area (Å²) in [5.41, 5.74) is 6.20. The average Bonchev–Trinajstić information content (AvgIpc) is 3.53. The fraction of sp³-hybridized carbons (Fsp3) is 0.355. The Bertz CT molecular complexity index is 1370. The largest absolute Gasteiger partial charge is 0.322 e. The van der Waals surface area contributed by atoms with Crippen LogP contribution in [0.15, 0.2) is 65.8 Å². The predicted octanol–water partition coefficient (Wildman–Crippen LogP) is 4.00. The van der Waals surface area contributed by atoms with E-state index in [9.17, 15) is 4.79 Å². The number of amides is 1. The van der Waals surface area contributed by atoms with Crippen molar-refractivity contribution in [2.75, 3.05) is 45.1 Å². The van der Waals surface area contributed by atoms with Gasteiger partial charge in [0.25, 0.3) is 5.91 Å². The lowest BCUT2D eigenvalue weighted by Crippen LogP contribution is -2.45. The minimum Gasteiger partial charge on any atom is -0.322 e. The molecule has 1 fully saturated rings. The summed E-state index contributed by atoms with van der Waals surface area (Å²) in [4.78, 5) is 24.8. The van der Waals surface area contributed by atoms with Gasteiger partial charge in [-0.1, -0.05) is 30.0 Å². The van der Waals surface area contributed by atoms with Gasteiger partial charge in [-0.2, -0.15) is 0 Å². The third-order valence-electron chi connectivity index (χ3n) is 7.93. The first-order valence-corrected chi connectivity index (χ1v) is 13.2. The van der Waals surface area contributed by atoms with Crippen LogP contribution in [-0.2, 0) is 6.42 Å². The zero-order chi connectivity index (χ0) is 25.4. The van der Waals surface area contributed by atoms with Crippen molar-refractivity contribution < 1.29 is 4.79 Å². The van der Waals surface area contributed by atoms with Crippen molar-refractivity contribution in [3.8, 4) is 11.8 Å². The minimum atomic E-state index is -0.0762. The summed E-state index contributed by atoms with van der Waals surface area (Å²) >= 11 is 0. The molecule has 1 N–H and O–H groups in total. The van der Waals surface area contributed by atoms with Crippen molar-refractivity contribution in [3.05, 3.63) is 88.6 Å². The zero-order valence-electron chi connectivity index (χ0n) is 21.6. The SMILES string of the molecule is Cc1ccc(NC(=O)c2ccc3c(c2)CC[C@@H]3N2CCN(C)CC2)cc1C#CC1CN=C2C=CC=CN21. The molecule has 0 radical (unpaired) electrons. The van der Waals surface area contributed by atoms with Gasteiger partial charge in [0, 0.05) is 55.2 Å². The molecular formula is C31H33N5O. The van der Waals surface area contributed by atoms with Gasteiger partial charge in [0.1, 0.15) is 11.9 Å². The topological polar surface area (TPSA) is 51.2 Å². The number of hydrogen-bond acceptors (Lipinski definition) is 5. The second-order valence-corrected chi connectivity index (χ2v) is 10.4. The van der Waals surface area contributed by atoms with E-state index >= 15 is 0 Å². The van der Waals surface area contributed by atoms with E-state index in [2.05, 4.69) is 56.0 Å². The van der Waals surface area contributed by atoms with Crippen LogP contribution < -0.4 is 5.32 Å². The van der Waals surface area contributed by atoms with Crippen molar-refractivity contribution >= 4 is 17.4 Å². The Morgan fingerprint density at radius 2 is 1.95 bits per heavy atom. The number of likely N-dealkylation sites (N-methyl/N-ethyl adjacent to an activating group) is 1. The standard InChI is InChI=1S/C31H33N5O/c1-22-6-10-26(20-23(22)7-11-27-21-32-30-5-3-4-14-36(27)30)33-31(37)25-8-12-28-24(19-25)9-13-29(28)35-17-15-34(2)16-18-35/h3-6,8,10,12,14,19-20,27,29H,9,13,15-18,21H2,1-2H3,(H,33,37)/t27?,29-/m0/s1. The predicted molar refractivity (Wildman–Crippen MR) is 149 cm³/mol. The van der Waals surface area contributed by atoms with E-state index in [1.807, 2.05) is 55.6 Å². The maximum Gasteiger partial charge on any atom is 0.255 e. The third kappa shape index (κ3) is 4.85. The number of fused-ring (bicyclic) bond motifs is 2. The molecule has 4 aliphatic rings. The van der Waals surface area contributed by atoms with E-state index in [0.29, 0.717) is 18.2 Å². The van der Waals surface area contributed by atoms with Gasteiger partial charge >= 0.3 is 0 Å². The van der Waals surface area contributed by atoms with Crippen LogP contribution in [0.4, 0.5) is 5.69 Å². The van der Waals surface area contributed by atoms with Crippen molar-refractivity contribution in [2.24, 2.45) is 4.99 Å². The van der Waals surface area contributed by atoms with E-state index in [-0.39, 0.29) is 11.9 Å². The molecule has 1 saturated heterocycles. The first-order chi connectivity index (χ1) is 18.0. The molecule has 2 atom stereocenters. The molecule has 6 rings (SSSR count). The van der Waals surface area contributed by atoms with Crippen molar-refractivity contribution in [1.29, 1.82) is 0 Å². The Morgan fingerprint density at radius 1 is 1.08 bits per heavy atom. The summed E-state index contributed by atoms with van der Waals surface area (Å²) in [6.07, 6.45) is 10.2. The van der Waals surface area contributed by atoms with Crippen molar-refractivity contribution in [3.63, 3.8) is 0 Å². The van der Waals surface area contributed by atoms with Gasteiger partial charge in [-0.05, 0) is 79.9 Å². The summed E-state index contributed by atoms with van der Waals surface area (Å²) < 4.78 is 0. The Morgan fingerprint density at radius 3 is 2.81 bits per heavy atom. The lowest BCUT2D eigenvalue weighted by Gasteiger charge is -2.36. The number of anilines is 1. The fourth-order valence-electron chi connectivity index (χ4n) is 5.68. The average molecular weight is 492 g/mol. The summed E-state index contributed by atoms with van der Waals surface area (Å²) in [7, 11) is 2.19. The highest BCUT2D eigenvalue weighted by atomic mass is 16.1. The number of hydrogen-bond donors (Lipinski definition) is 1. The minimum absolute atomic E-state index is 0.0370. The second kappa shape index (κ2) is 10.0. The van der Waals surface area contributed by atoms with Crippen LogP contribution in [0.2, 0.25) is 0 Å². The smallest absolute Gasteiger partial charge is 0.255 e. The van der Waals surface area contributed by atoms with Crippen LogP contribution in [0, 0.1) is 18.8 Å². The summed E-state index contributed by atoms with van der Waals surface area (Å²) in [5.74, 6) is 7.59. The Kier molecular flexibility index (Phi) is 6.42. The molecule has 2 aromatic rings. The van der Waals surface area contributed by atoms with Gasteiger partial charge < -0.3 is 15.1 Å². The molecule has 1 unspecified atom stereocenters. The van der Waals surface area contributed by atoms with Crippen molar-refractivity contribution in [2.45, 2.75) is 31.8 Å². The van der Waals surface area contributed by atoms with Gasteiger partial charge in [-0.15, -0.1) is 0 Å². The molecule has 6 nitrogen and oxygen atoms in total. The van der Waals surface area contributed by atoms with E-state index in [1.54, 1.807) is 0 Å². The number of carbonyl (C=O) groups excluding carboxylic acids is 1. The second-order valence-electron chi connectivity index (χ2n) is 10.4. The first-order valence-electron chi connectivity index (χ1n) is 13.2. The lowest BCUT2D eigenvalue weighted by atomic mass is 10.0. The van der Waals surface area contributed by atoms with Crippen LogP contribution in [0.1, 0.15) is 45.1 Å². The molecule has 0 aromatic heterocycles. The number of allylic oxidation sites excluding steroid dienone is 2. The molecule has 1 amide bonds. The van der Waals surface area contributed by atoms with Gasteiger partial charge in [0.05, 0.1) is 6.54 Å². The molecule has 3 aliphatic heterocycles. The van der Waals surface area contributed by atoms with Gasteiger partial charge in [-0.3, -0.25) is 14.7 Å². The number of aryl methyl sites for hydroxylation is 2. The Hall–Kier alpha value is -3.66. The van der Waals surface area contributed by atoms with Crippen molar-refractivity contribution in [1.82, 2.24) is 14.7 Å². The van der Waals surface area contributed by atoms with Crippen LogP contribution in [0.25, 0.3) is 0 Å². The highest BCUT2D eigenvalue weighted by Crippen LogP contribution is 2.36. The summed E-state index contributed by atoms with van der Waals surface area (Å²) in [6, 6.07) is 12.7. The number of nitrogens with one attached hydrogen (secondary N) is 1. The number of nitrogens with zero attached hydrogens (tertiary/aromatic N) is 4. The third-order valence-corrected chi connectivity index (χ3v) is 7.93. The highest BCUT2D eigenvalue weighted by molar-refractivity contribution is 6.04. The van der Waals surface area contributed by atoms with Crippen LogP contribution in [0.5, 0.6) is 0 Å². The van der Waals surface area contributed by atoms with Crippen LogP contribution >= 0.6 is 0 Å². The molecule has 1 aliphatic carbocycles. The lowest BCUT2D eigenvalue weighted by molar-refractivity contribution is 0.102. The molecule has 0 saturated carbocycles. The van der Waals surface area contributed by atoms with Crippen LogP contribution in [-0.4, -0.2) is 72.3 Å². The maximum atomic E-state index is 13.2. The van der Waals surface area contributed by atoms with E-state index in [1.165, 1.54) is 11.1 Å². The Balaban J connectivity index is 1.14. The maximum absolute atomic E-state index is 13.2. The quantitative estimate of drug-likeness (QED) is 0.660. The molecule has 37 heavy (non-hydrogen) atoms. The number of piperazine rings is 1. The number of benzene rings is 2. The van der Waals surface area contributed by atoms with Gasteiger partial charge in [0.15, 0.2) is 0 Å². The fourth-order valence-corrected chi connectivity index (χ4v) is 5.68. The summed E-state index contributed by atoms with van der Waals surface area (Å²) in [5, 5.41) is 3.09. The normalized spacial score (nSPS) is 22.8. The highest BCUT2D eigenvalue weighted by Gasteiger charge is 2.30. The molecule has 3 heterocycles. The van der Waals surface area contributed by atoms with Gasteiger partial charge in [-0.25, -0.2) is 0 Å². The number of aliphatic imine (C=N–C) groups is 1. The monoisotopic (exact) mass is 491 g/mol. The Labute approximate surface area is 219 Å². The molecule has 188 valence electrons. The van der Waals surface area contributed by atoms with E-state index in [4.69, 9.17) is 0 Å². The van der Waals surface area contributed by atoms with Gasteiger partial charge in [0.2, 0.25) is 0 Å². The molecule has 2 aromatic carbocycles. The number of carbonyl (C=O) groups is 1. The first kappa shape index (κ1) is 23.7. The molecule has 0 bridgehead atoms. The number of amidine groups is 1. The molecule has 0 spiro atoms. The van der Waals surface area contributed by atoms with E-state index in [0.717, 1.165) is 61.7 Å². The summed E-state index contributed by atoms with van der Waals surface area (Å²) in [6.45, 7) is 7.19. The van der Waals surface area contributed by atoms with Crippen LogP contribution in [0.3, 0.4) is 0 Å². The zero-order valence-corrected chi connectivity index (χ0v) is 21.6.